The lowest BCUT2D eigenvalue weighted by atomic mass is 10.1. The summed E-state index contributed by atoms with van der Waals surface area (Å²) in [5.41, 5.74) is 1.24. The van der Waals surface area contributed by atoms with Crippen molar-refractivity contribution >= 4 is 28.4 Å². The van der Waals surface area contributed by atoms with Crippen molar-refractivity contribution in [2.45, 2.75) is 6.42 Å². The zero-order chi connectivity index (χ0) is 21.1. The molecule has 0 bridgehead atoms. The Morgan fingerprint density at radius 1 is 0.967 bits per heavy atom. The first kappa shape index (κ1) is 19.7. The Morgan fingerprint density at radius 3 is 2.43 bits per heavy atom. The Balaban J connectivity index is 1.56. The molecule has 0 atom stereocenters. The van der Waals surface area contributed by atoms with Crippen molar-refractivity contribution in [3.63, 3.8) is 0 Å². The summed E-state index contributed by atoms with van der Waals surface area (Å²) in [6.45, 7) is 0.449. The summed E-state index contributed by atoms with van der Waals surface area (Å²) >= 11 is 5.87. The number of H-pyrrole nitrogens is 1. The van der Waals surface area contributed by atoms with Gasteiger partial charge in [0.05, 0.1) is 16.6 Å². The Hall–Kier alpha value is -3.64. The fourth-order valence-electron chi connectivity index (χ4n) is 3.24. The normalized spacial score (nSPS) is 10.8. The van der Waals surface area contributed by atoms with Crippen molar-refractivity contribution < 1.29 is 4.79 Å². The van der Waals surface area contributed by atoms with E-state index in [-0.39, 0.29) is 5.91 Å². The summed E-state index contributed by atoms with van der Waals surface area (Å²) in [6.07, 6.45) is 0.662. The average molecular weight is 420 g/mol. The standard InChI is InChI=1S/C23H18ClN3O3/c24-17-9-6-15(7-10-17)12-13-25-21(28)16-8-11-19-20(14-16)26-23(30)27(22(19)29)18-4-2-1-3-5-18/h1-11,14H,12-13H2,(H,25,28)(H,26,30). The molecule has 30 heavy (non-hydrogen) atoms. The highest BCUT2D eigenvalue weighted by molar-refractivity contribution is 6.30. The molecule has 0 fully saturated rings. The van der Waals surface area contributed by atoms with Crippen LogP contribution in [0, 0.1) is 0 Å². The van der Waals surface area contributed by atoms with Gasteiger partial charge >= 0.3 is 5.69 Å². The van der Waals surface area contributed by atoms with Gasteiger partial charge in [-0.2, -0.15) is 0 Å². The van der Waals surface area contributed by atoms with Gasteiger partial charge in [0.1, 0.15) is 0 Å². The van der Waals surface area contributed by atoms with Crippen molar-refractivity contribution in [3.05, 3.63) is 110 Å². The third kappa shape index (κ3) is 4.04. The Bertz CT molecular complexity index is 1330. The van der Waals surface area contributed by atoms with Crippen molar-refractivity contribution in [2.75, 3.05) is 6.54 Å². The number of aromatic amines is 1. The molecule has 2 N–H and O–H groups in total. The predicted molar refractivity (Wildman–Crippen MR) is 118 cm³/mol. The van der Waals surface area contributed by atoms with Crippen LogP contribution in [-0.2, 0) is 6.42 Å². The average Bonchev–Trinajstić information content (AvgIpc) is 2.75. The number of nitrogens with zero attached hydrogens (tertiary/aromatic N) is 1. The lowest BCUT2D eigenvalue weighted by molar-refractivity contribution is 0.0954. The molecule has 3 aromatic carbocycles. The van der Waals surface area contributed by atoms with Crippen LogP contribution < -0.4 is 16.6 Å². The van der Waals surface area contributed by atoms with Crippen molar-refractivity contribution in [2.24, 2.45) is 0 Å². The lowest BCUT2D eigenvalue weighted by Gasteiger charge is -2.09. The van der Waals surface area contributed by atoms with Crippen molar-refractivity contribution in [1.29, 1.82) is 0 Å². The quantitative estimate of drug-likeness (QED) is 0.520. The summed E-state index contributed by atoms with van der Waals surface area (Å²) < 4.78 is 1.08. The number of rotatable bonds is 5. The molecule has 0 saturated heterocycles. The van der Waals surface area contributed by atoms with Gasteiger partial charge in [-0.25, -0.2) is 9.36 Å². The molecule has 150 valence electrons. The van der Waals surface area contributed by atoms with E-state index < -0.39 is 11.2 Å². The monoisotopic (exact) mass is 419 g/mol. The van der Waals surface area contributed by atoms with Crippen LogP contribution in [0.25, 0.3) is 16.6 Å². The molecule has 0 aliphatic carbocycles. The topological polar surface area (TPSA) is 84.0 Å². The SMILES string of the molecule is O=C(NCCc1ccc(Cl)cc1)c1ccc2c(=O)n(-c3ccccc3)c(=O)[nH]c2c1. The summed E-state index contributed by atoms with van der Waals surface area (Å²) in [5, 5.41) is 3.84. The maximum Gasteiger partial charge on any atom is 0.333 e. The van der Waals surface area contributed by atoms with E-state index in [0.29, 0.717) is 40.1 Å². The molecule has 1 amide bonds. The molecule has 0 spiro atoms. The highest BCUT2D eigenvalue weighted by atomic mass is 35.5. The number of para-hydroxylation sites is 1. The van der Waals surface area contributed by atoms with Crippen LogP contribution in [0.3, 0.4) is 0 Å². The molecular formula is C23H18ClN3O3. The fourth-order valence-corrected chi connectivity index (χ4v) is 3.37. The number of hydrogen-bond acceptors (Lipinski definition) is 3. The minimum absolute atomic E-state index is 0.279. The van der Waals surface area contributed by atoms with Gasteiger partial charge in [-0.3, -0.25) is 9.59 Å². The highest BCUT2D eigenvalue weighted by Crippen LogP contribution is 2.12. The Labute approximate surface area is 176 Å². The lowest BCUT2D eigenvalue weighted by Crippen LogP contribution is -2.33. The van der Waals surface area contributed by atoms with E-state index in [9.17, 15) is 14.4 Å². The third-order valence-electron chi connectivity index (χ3n) is 4.79. The Kier molecular flexibility index (Phi) is 5.50. The smallest absolute Gasteiger partial charge is 0.333 e. The number of amides is 1. The maximum absolute atomic E-state index is 12.8. The number of carbonyl (C=O) groups is 1. The molecule has 1 heterocycles. The number of hydrogen-bond donors (Lipinski definition) is 2. The van der Waals surface area contributed by atoms with Crippen molar-refractivity contribution in [3.8, 4) is 5.69 Å². The van der Waals surface area contributed by atoms with Gasteiger partial charge in [-0.1, -0.05) is 41.9 Å². The molecule has 0 aliphatic rings. The molecule has 4 rings (SSSR count). The molecule has 0 saturated carbocycles. The van der Waals surface area contributed by atoms with E-state index in [1.807, 2.05) is 18.2 Å². The summed E-state index contributed by atoms with van der Waals surface area (Å²) in [6, 6.07) is 20.8. The molecular weight excluding hydrogens is 402 g/mol. The minimum atomic E-state index is -0.556. The van der Waals surface area contributed by atoms with Gasteiger partial charge in [-0.05, 0) is 54.4 Å². The van der Waals surface area contributed by atoms with Crippen LogP contribution in [0.4, 0.5) is 0 Å². The van der Waals surface area contributed by atoms with Crippen LogP contribution in [0.15, 0.2) is 82.4 Å². The first-order valence-electron chi connectivity index (χ1n) is 9.40. The Morgan fingerprint density at radius 2 is 1.70 bits per heavy atom. The third-order valence-corrected chi connectivity index (χ3v) is 5.04. The van der Waals surface area contributed by atoms with Gasteiger partial charge in [0.25, 0.3) is 11.5 Å². The first-order chi connectivity index (χ1) is 14.5. The number of nitrogens with one attached hydrogen (secondary N) is 2. The number of aromatic nitrogens is 2. The van der Waals surface area contributed by atoms with Gasteiger partial charge in [-0.15, -0.1) is 0 Å². The van der Waals surface area contributed by atoms with Crippen molar-refractivity contribution in [1.82, 2.24) is 14.9 Å². The van der Waals surface area contributed by atoms with E-state index in [0.717, 1.165) is 10.1 Å². The van der Waals surface area contributed by atoms with Gasteiger partial charge < -0.3 is 10.3 Å². The molecule has 0 unspecified atom stereocenters. The number of halogens is 1. The van der Waals surface area contributed by atoms with Crippen LogP contribution in [0.5, 0.6) is 0 Å². The molecule has 0 radical (unpaired) electrons. The second-order valence-corrected chi connectivity index (χ2v) is 7.24. The summed E-state index contributed by atoms with van der Waals surface area (Å²) in [5.74, 6) is -0.279. The number of carbonyl (C=O) groups excluding carboxylic acids is 1. The number of fused-ring (bicyclic) bond motifs is 1. The fraction of sp³-hybridized carbons (Fsp3) is 0.0870. The largest absolute Gasteiger partial charge is 0.352 e. The van der Waals surface area contributed by atoms with Gasteiger partial charge in [0.2, 0.25) is 0 Å². The predicted octanol–water partition coefficient (Wildman–Crippen LogP) is 3.30. The summed E-state index contributed by atoms with van der Waals surface area (Å²) in [4.78, 5) is 40.5. The van der Waals surface area contributed by atoms with E-state index in [2.05, 4.69) is 10.3 Å². The van der Waals surface area contributed by atoms with Crippen LogP contribution in [0.2, 0.25) is 5.02 Å². The van der Waals surface area contributed by atoms with E-state index in [1.54, 1.807) is 48.5 Å². The van der Waals surface area contributed by atoms with Crippen LogP contribution in [0.1, 0.15) is 15.9 Å². The first-order valence-corrected chi connectivity index (χ1v) is 9.78. The van der Waals surface area contributed by atoms with E-state index >= 15 is 0 Å². The zero-order valence-electron chi connectivity index (χ0n) is 15.9. The highest BCUT2D eigenvalue weighted by Gasteiger charge is 2.12. The second kappa shape index (κ2) is 8.39. The van der Waals surface area contributed by atoms with Gasteiger partial charge in [0.15, 0.2) is 0 Å². The second-order valence-electron chi connectivity index (χ2n) is 6.80. The molecule has 7 heteroatoms. The molecule has 4 aromatic rings. The molecule has 1 aromatic heterocycles. The van der Waals surface area contributed by atoms with E-state index in [4.69, 9.17) is 11.6 Å². The van der Waals surface area contributed by atoms with Gasteiger partial charge in [0, 0.05) is 17.1 Å². The zero-order valence-corrected chi connectivity index (χ0v) is 16.6. The minimum Gasteiger partial charge on any atom is -0.352 e. The maximum atomic E-state index is 12.8. The number of benzene rings is 3. The van der Waals surface area contributed by atoms with Crippen LogP contribution >= 0.6 is 11.6 Å². The molecule has 6 nitrogen and oxygen atoms in total. The summed E-state index contributed by atoms with van der Waals surface area (Å²) in [7, 11) is 0. The van der Waals surface area contributed by atoms with Crippen LogP contribution in [-0.4, -0.2) is 22.0 Å². The van der Waals surface area contributed by atoms with E-state index in [1.165, 1.54) is 6.07 Å². The molecule has 0 aliphatic heterocycles.